The normalized spacial score (nSPS) is 23.4. The molecule has 0 aliphatic heterocycles. The number of hydrogen-bond donors (Lipinski definition) is 1. The topological polar surface area (TPSA) is 49.8 Å². The molecule has 0 heterocycles. The molecule has 1 aliphatic rings. The second-order valence-corrected chi connectivity index (χ2v) is 5.58. The summed E-state index contributed by atoms with van der Waals surface area (Å²) in [7, 11) is 1.70. The van der Waals surface area contributed by atoms with Crippen molar-refractivity contribution in [3.8, 4) is 5.75 Å². The Labute approximate surface area is 124 Å². The quantitative estimate of drug-likeness (QED) is 0.927. The Morgan fingerprint density at radius 1 is 1.33 bits per heavy atom. The summed E-state index contributed by atoms with van der Waals surface area (Å²) in [5.74, 6) is -0.0658. The molecule has 0 aromatic heterocycles. The van der Waals surface area contributed by atoms with Crippen LogP contribution in [0, 0.1) is 5.82 Å². The van der Waals surface area contributed by atoms with Crippen molar-refractivity contribution in [2.75, 3.05) is 7.05 Å². The first-order valence-electron chi connectivity index (χ1n) is 7.36. The summed E-state index contributed by atoms with van der Waals surface area (Å²) in [6, 6.07) is 5.43. The van der Waals surface area contributed by atoms with Gasteiger partial charge in [0.05, 0.1) is 12.1 Å². The number of nitrogens with zero attached hydrogens (tertiary/aromatic N) is 1. The zero-order valence-electron chi connectivity index (χ0n) is 12.5. The van der Waals surface area contributed by atoms with E-state index in [9.17, 15) is 14.3 Å². The average Bonchev–Trinajstić information content (AvgIpc) is 2.48. The van der Waals surface area contributed by atoms with Gasteiger partial charge >= 0.3 is 0 Å². The third kappa shape index (κ3) is 3.94. The Morgan fingerprint density at radius 2 is 1.95 bits per heavy atom. The Morgan fingerprint density at radius 3 is 2.57 bits per heavy atom. The van der Waals surface area contributed by atoms with Crippen LogP contribution >= 0.6 is 0 Å². The molecule has 1 amide bonds. The first-order valence-corrected chi connectivity index (χ1v) is 7.36. The van der Waals surface area contributed by atoms with Crippen molar-refractivity contribution in [2.45, 2.75) is 50.9 Å². The molecule has 0 radical (unpaired) electrons. The molecule has 0 spiro atoms. The Hall–Kier alpha value is -1.62. The molecule has 1 saturated carbocycles. The maximum atomic E-state index is 12.8. The summed E-state index contributed by atoms with van der Waals surface area (Å²) in [4.78, 5) is 14.0. The fraction of sp³-hybridized carbons (Fsp3) is 0.562. The minimum absolute atomic E-state index is 0.148. The van der Waals surface area contributed by atoms with Crippen molar-refractivity contribution in [1.29, 1.82) is 0 Å². The zero-order chi connectivity index (χ0) is 15.4. The predicted molar refractivity (Wildman–Crippen MR) is 77.5 cm³/mol. The number of aliphatic hydroxyl groups is 1. The van der Waals surface area contributed by atoms with Crippen LogP contribution < -0.4 is 4.74 Å². The van der Waals surface area contributed by atoms with Crippen molar-refractivity contribution in [1.82, 2.24) is 4.90 Å². The Balaban J connectivity index is 1.96. The highest BCUT2D eigenvalue weighted by atomic mass is 19.1. The number of aliphatic hydroxyl groups excluding tert-OH is 1. The van der Waals surface area contributed by atoms with Gasteiger partial charge in [-0.05, 0) is 44.0 Å². The lowest BCUT2D eigenvalue weighted by Crippen LogP contribution is -2.50. The number of amides is 1. The number of benzene rings is 1. The van der Waals surface area contributed by atoms with Crippen LogP contribution in [-0.2, 0) is 4.79 Å². The number of carbonyl (C=O) groups excluding carboxylic acids is 1. The smallest absolute Gasteiger partial charge is 0.263 e. The van der Waals surface area contributed by atoms with Crippen LogP contribution in [0.15, 0.2) is 24.3 Å². The molecular weight excluding hydrogens is 273 g/mol. The number of ether oxygens (including phenoxy) is 1. The summed E-state index contributed by atoms with van der Waals surface area (Å²) in [6.45, 7) is 1.66. The molecule has 0 saturated heterocycles. The lowest BCUT2D eigenvalue weighted by molar-refractivity contribution is -0.142. The van der Waals surface area contributed by atoms with Crippen LogP contribution in [0.25, 0.3) is 0 Å². The molecule has 0 bridgehead atoms. The van der Waals surface area contributed by atoms with Crippen molar-refractivity contribution in [3.05, 3.63) is 30.1 Å². The van der Waals surface area contributed by atoms with Crippen LogP contribution in [0.4, 0.5) is 4.39 Å². The van der Waals surface area contributed by atoms with Gasteiger partial charge in [-0.25, -0.2) is 4.39 Å². The fourth-order valence-electron chi connectivity index (χ4n) is 2.76. The van der Waals surface area contributed by atoms with E-state index in [1.54, 1.807) is 18.9 Å². The highest BCUT2D eigenvalue weighted by Crippen LogP contribution is 2.23. The number of halogens is 1. The monoisotopic (exact) mass is 295 g/mol. The van der Waals surface area contributed by atoms with E-state index in [2.05, 4.69) is 0 Å². The number of likely N-dealkylation sites (N-methyl/N-ethyl adjacent to an activating group) is 1. The van der Waals surface area contributed by atoms with E-state index in [4.69, 9.17) is 4.74 Å². The third-order valence-corrected chi connectivity index (χ3v) is 4.01. The van der Waals surface area contributed by atoms with Crippen LogP contribution in [0.5, 0.6) is 5.75 Å². The van der Waals surface area contributed by atoms with Gasteiger partial charge in [-0.15, -0.1) is 0 Å². The second kappa shape index (κ2) is 6.89. The highest BCUT2D eigenvalue weighted by Gasteiger charge is 2.31. The van der Waals surface area contributed by atoms with Gasteiger partial charge in [-0.2, -0.15) is 0 Å². The summed E-state index contributed by atoms with van der Waals surface area (Å²) in [5, 5.41) is 10.0. The first-order chi connectivity index (χ1) is 9.99. The van der Waals surface area contributed by atoms with Gasteiger partial charge in [0, 0.05) is 7.05 Å². The molecule has 116 valence electrons. The fourth-order valence-corrected chi connectivity index (χ4v) is 2.76. The van der Waals surface area contributed by atoms with E-state index >= 15 is 0 Å². The number of rotatable bonds is 4. The predicted octanol–water partition coefficient (Wildman–Crippen LogP) is 2.35. The Bertz CT molecular complexity index is 477. The average molecular weight is 295 g/mol. The lowest BCUT2D eigenvalue weighted by Gasteiger charge is -2.36. The molecule has 4 nitrogen and oxygen atoms in total. The van der Waals surface area contributed by atoms with Crippen LogP contribution in [0.3, 0.4) is 0 Å². The zero-order valence-corrected chi connectivity index (χ0v) is 12.5. The van der Waals surface area contributed by atoms with Crippen LogP contribution in [0.2, 0.25) is 0 Å². The molecule has 0 unspecified atom stereocenters. The van der Waals surface area contributed by atoms with Crippen molar-refractivity contribution in [2.24, 2.45) is 0 Å². The molecule has 3 atom stereocenters. The van der Waals surface area contributed by atoms with Crippen molar-refractivity contribution < 1.29 is 19.0 Å². The van der Waals surface area contributed by atoms with Crippen molar-refractivity contribution in [3.63, 3.8) is 0 Å². The summed E-state index contributed by atoms with van der Waals surface area (Å²) < 4.78 is 18.4. The summed E-state index contributed by atoms with van der Waals surface area (Å²) >= 11 is 0. The maximum absolute atomic E-state index is 12.8. The molecule has 1 N–H and O–H groups in total. The molecule has 1 fully saturated rings. The second-order valence-electron chi connectivity index (χ2n) is 5.58. The SMILES string of the molecule is C[C@H](Oc1ccc(F)cc1)C(=O)N(C)[C@@H]1CCCC[C@@H]1O. The number of carbonyl (C=O) groups is 1. The van der Waals surface area contributed by atoms with Gasteiger partial charge in [0.1, 0.15) is 11.6 Å². The standard InChI is InChI=1S/C16H22FNO3/c1-11(21-13-9-7-12(17)8-10-13)16(20)18(2)14-5-3-4-6-15(14)19/h7-11,14-15,19H,3-6H2,1-2H3/t11-,14+,15-/m0/s1. The van der Waals surface area contributed by atoms with Gasteiger partial charge in [0.2, 0.25) is 0 Å². The van der Waals surface area contributed by atoms with Crippen molar-refractivity contribution >= 4 is 5.91 Å². The molecule has 21 heavy (non-hydrogen) atoms. The molecule has 1 aliphatic carbocycles. The summed E-state index contributed by atoms with van der Waals surface area (Å²) in [6.07, 6.45) is 2.43. The van der Waals surface area contributed by atoms with Gasteiger partial charge in [-0.1, -0.05) is 12.8 Å². The highest BCUT2D eigenvalue weighted by molar-refractivity contribution is 5.81. The first kappa shape index (κ1) is 15.8. The van der Waals surface area contributed by atoms with E-state index in [-0.39, 0.29) is 17.8 Å². The lowest BCUT2D eigenvalue weighted by atomic mass is 9.91. The third-order valence-electron chi connectivity index (χ3n) is 4.01. The van der Waals surface area contributed by atoms with Gasteiger partial charge in [0.15, 0.2) is 6.10 Å². The number of hydrogen-bond acceptors (Lipinski definition) is 3. The molecule has 2 rings (SSSR count). The van der Waals surface area contributed by atoms with E-state index < -0.39 is 12.2 Å². The Kier molecular flexibility index (Phi) is 5.17. The molecule has 5 heteroatoms. The van der Waals surface area contributed by atoms with E-state index in [1.165, 1.54) is 24.3 Å². The van der Waals surface area contributed by atoms with E-state index in [0.29, 0.717) is 5.75 Å². The maximum Gasteiger partial charge on any atom is 0.263 e. The molecule has 1 aromatic rings. The molecular formula is C16H22FNO3. The minimum Gasteiger partial charge on any atom is -0.481 e. The van der Waals surface area contributed by atoms with Gasteiger partial charge in [0.25, 0.3) is 5.91 Å². The largest absolute Gasteiger partial charge is 0.481 e. The van der Waals surface area contributed by atoms with E-state index in [1.807, 2.05) is 0 Å². The minimum atomic E-state index is -0.672. The van der Waals surface area contributed by atoms with Gasteiger partial charge < -0.3 is 14.7 Å². The van der Waals surface area contributed by atoms with Crippen LogP contribution in [0.1, 0.15) is 32.6 Å². The van der Waals surface area contributed by atoms with E-state index in [0.717, 1.165) is 25.7 Å². The molecule has 1 aromatic carbocycles. The summed E-state index contributed by atoms with van der Waals surface area (Å²) in [5.41, 5.74) is 0. The van der Waals surface area contributed by atoms with Crippen LogP contribution in [-0.4, -0.2) is 41.2 Å². The van der Waals surface area contributed by atoms with Gasteiger partial charge in [-0.3, -0.25) is 4.79 Å².